The van der Waals surface area contributed by atoms with E-state index in [0.29, 0.717) is 31.0 Å². The summed E-state index contributed by atoms with van der Waals surface area (Å²) in [6.45, 7) is 5.84. The zero-order valence-electron chi connectivity index (χ0n) is 20.5. The molecule has 1 atom stereocenters. The van der Waals surface area contributed by atoms with Crippen LogP contribution in [-0.4, -0.2) is 45.3 Å². The van der Waals surface area contributed by atoms with Gasteiger partial charge in [-0.25, -0.2) is 9.78 Å². The second kappa shape index (κ2) is 11.4. The number of esters is 1. The molecule has 0 bridgehead atoms. The summed E-state index contributed by atoms with van der Waals surface area (Å²) in [7, 11) is 1.92. The zero-order valence-corrected chi connectivity index (χ0v) is 21.3. The van der Waals surface area contributed by atoms with Gasteiger partial charge in [0, 0.05) is 13.6 Å². The van der Waals surface area contributed by atoms with Crippen LogP contribution in [-0.2, 0) is 11.8 Å². The van der Waals surface area contributed by atoms with Crippen LogP contribution in [0.15, 0.2) is 53.5 Å². The van der Waals surface area contributed by atoms with Gasteiger partial charge in [-0.3, -0.25) is 9.79 Å². The number of para-hydroxylation sites is 2. The lowest BCUT2D eigenvalue weighted by Crippen LogP contribution is -2.32. The molecule has 3 rings (SSSR count). The number of hydrogen-bond donors (Lipinski definition) is 2. The molecule has 0 fully saturated rings. The van der Waals surface area contributed by atoms with Gasteiger partial charge in [-0.05, 0) is 57.9 Å². The van der Waals surface area contributed by atoms with Gasteiger partial charge >= 0.3 is 5.97 Å². The number of nitrogens with zero attached hydrogens (tertiary/aromatic N) is 3. The van der Waals surface area contributed by atoms with Gasteiger partial charge in [0.2, 0.25) is 0 Å². The van der Waals surface area contributed by atoms with Gasteiger partial charge in [-0.1, -0.05) is 24.3 Å². The number of rotatable bonds is 9. The van der Waals surface area contributed by atoms with E-state index in [1.165, 1.54) is 0 Å². The average molecular weight is 498 g/mol. The maximum Gasteiger partial charge on any atom is 0.339 e. The molecule has 0 unspecified atom stereocenters. The van der Waals surface area contributed by atoms with Gasteiger partial charge in [0.25, 0.3) is 5.91 Å². The summed E-state index contributed by atoms with van der Waals surface area (Å²) in [5.41, 5.74) is 7.28. The van der Waals surface area contributed by atoms with Crippen molar-refractivity contribution < 1.29 is 14.3 Å². The standard InChI is InChI=1S/C26H32ClN5O3/c1-26(2,3)35-25(34)18-11-6-5-10-17(18)24(33)31-20(13-9-15-29-22(28)16-27)23-30-19-12-7-8-14-21(19)32(23)4/h5-8,10-12,14,20H,9,13,15-16H2,1-4H3,(H2,28,29)(H,31,33)/t20-/m0/s1. The number of hydrogen-bond acceptors (Lipinski definition) is 5. The average Bonchev–Trinajstić information content (AvgIpc) is 3.16. The van der Waals surface area contributed by atoms with E-state index in [9.17, 15) is 9.59 Å². The number of fused-ring (bicyclic) bond motifs is 1. The minimum atomic E-state index is -0.679. The third-order valence-electron chi connectivity index (χ3n) is 5.33. The van der Waals surface area contributed by atoms with Crippen molar-refractivity contribution in [3.63, 3.8) is 0 Å². The Morgan fingerprint density at radius 2 is 1.80 bits per heavy atom. The number of amides is 1. The van der Waals surface area contributed by atoms with E-state index in [4.69, 9.17) is 27.1 Å². The number of ether oxygens (including phenoxy) is 1. The Morgan fingerprint density at radius 1 is 1.14 bits per heavy atom. The van der Waals surface area contributed by atoms with Gasteiger partial charge in [0.05, 0.1) is 34.1 Å². The summed E-state index contributed by atoms with van der Waals surface area (Å²) < 4.78 is 7.47. The number of carbonyl (C=O) groups is 2. The number of aromatic nitrogens is 2. The largest absolute Gasteiger partial charge is 0.456 e. The Bertz CT molecular complexity index is 1230. The predicted molar refractivity (Wildman–Crippen MR) is 139 cm³/mol. The van der Waals surface area contributed by atoms with Gasteiger partial charge in [0.1, 0.15) is 17.3 Å². The minimum Gasteiger partial charge on any atom is -0.456 e. The van der Waals surface area contributed by atoms with Crippen molar-refractivity contribution in [2.24, 2.45) is 17.8 Å². The topological polar surface area (TPSA) is 112 Å². The number of amidine groups is 1. The third kappa shape index (κ3) is 6.82. The highest BCUT2D eigenvalue weighted by atomic mass is 35.5. The van der Waals surface area contributed by atoms with Gasteiger partial charge < -0.3 is 20.4 Å². The summed E-state index contributed by atoms with van der Waals surface area (Å²) in [5.74, 6) is 0.331. The molecule has 0 aliphatic heterocycles. The second-order valence-corrected chi connectivity index (χ2v) is 9.51. The lowest BCUT2D eigenvalue weighted by Gasteiger charge is -2.22. The molecule has 186 valence electrons. The molecule has 35 heavy (non-hydrogen) atoms. The fraction of sp³-hybridized carbons (Fsp3) is 0.385. The molecule has 0 radical (unpaired) electrons. The zero-order chi connectivity index (χ0) is 25.6. The first kappa shape index (κ1) is 26.2. The van der Waals surface area contributed by atoms with Crippen molar-refractivity contribution >= 4 is 40.3 Å². The highest BCUT2D eigenvalue weighted by Gasteiger charge is 2.26. The van der Waals surface area contributed by atoms with Crippen LogP contribution in [0, 0.1) is 0 Å². The number of nitrogens with one attached hydrogen (secondary N) is 1. The summed E-state index contributed by atoms with van der Waals surface area (Å²) in [4.78, 5) is 35.2. The van der Waals surface area contributed by atoms with Crippen molar-refractivity contribution in [2.45, 2.75) is 45.3 Å². The number of nitrogens with two attached hydrogens (primary N) is 1. The SMILES string of the molecule is Cn1c([C@H](CCCN=C(N)CCl)NC(=O)c2ccccc2C(=O)OC(C)(C)C)nc2ccccc21. The summed E-state index contributed by atoms with van der Waals surface area (Å²) in [6, 6.07) is 14.0. The molecule has 0 saturated carbocycles. The molecule has 1 heterocycles. The van der Waals surface area contributed by atoms with E-state index in [2.05, 4.69) is 10.3 Å². The quantitative estimate of drug-likeness (QED) is 0.150. The number of aliphatic imine (C=N–C) groups is 1. The van der Waals surface area contributed by atoms with Gasteiger partial charge in [-0.15, -0.1) is 11.6 Å². The van der Waals surface area contributed by atoms with E-state index >= 15 is 0 Å². The second-order valence-electron chi connectivity index (χ2n) is 9.24. The lowest BCUT2D eigenvalue weighted by atomic mass is 10.0. The first-order valence-electron chi connectivity index (χ1n) is 11.5. The first-order chi connectivity index (χ1) is 16.6. The van der Waals surface area contributed by atoms with Crippen LogP contribution in [0.5, 0.6) is 0 Å². The highest BCUT2D eigenvalue weighted by molar-refractivity contribution is 6.27. The number of aryl methyl sites for hydroxylation is 1. The number of benzene rings is 2. The van der Waals surface area contributed by atoms with Crippen LogP contribution >= 0.6 is 11.6 Å². The fourth-order valence-corrected chi connectivity index (χ4v) is 3.81. The summed E-state index contributed by atoms with van der Waals surface area (Å²) >= 11 is 5.71. The van der Waals surface area contributed by atoms with Crippen LogP contribution < -0.4 is 11.1 Å². The van der Waals surface area contributed by atoms with E-state index in [1.54, 1.807) is 45.0 Å². The summed E-state index contributed by atoms with van der Waals surface area (Å²) in [6.07, 6.45) is 1.22. The van der Waals surface area contributed by atoms with Crippen molar-refractivity contribution in [2.75, 3.05) is 12.4 Å². The Kier molecular flexibility index (Phi) is 8.51. The van der Waals surface area contributed by atoms with E-state index in [1.807, 2.05) is 35.9 Å². The molecule has 1 amide bonds. The maximum atomic E-state index is 13.4. The molecule has 0 aliphatic carbocycles. The monoisotopic (exact) mass is 497 g/mol. The third-order valence-corrected chi connectivity index (χ3v) is 5.61. The van der Waals surface area contributed by atoms with Crippen molar-refractivity contribution in [3.05, 3.63) is 65.5 Å². The molecular formula is C26H32ClN5O3. The molecule has 0 saturated heterocycles. The van der Waals surface area contributed by atoms with Crippen molar-refractivity contribution in [1.29, 1.82) is 0 Å². The van der Waals surface area contributed by atoms with Gasteiger partial charge in [-0.2, -0.15) is 0 Å². The molecular weight excluding hydrogens is 466 g/mol. The van der Waals surface area contributed by atoms with Crippen LogP contribution in [0.4, 0.5) is 0 Å². The van der Waals surface area contributed by atoms with Gasteiger partial charge in [0.15, 0.2) is 0 Å². The number of alkyl halides is 1. The Labute approximate surface area is 210 Å². The Morgan fingerprint density at radius 3 is 2.46 bits per heavy atom. The molecule has 2 aromatic carbocycles. The molecule has 8 nitrogen and oxygen atoms in total. The van der Waals surface area contributed by atoms with Crippen molar-refractivity contribution in [1.82, 2.24) is 14.9 Å². The van der Waals surface area contributed by atoms with Crippen LogP contribution in [0.2, 0.25) is 0 Å². The number of imidazole rings is 1. The highest BCUT2D eigenvalue weighted by Crippen LogP contribution is 2.24. The number of carbonyl (C=O) groups excluding carboxylic acids is 2. The fourth-order valence-electron chi connectivity index (χ4n) is 3.73. The first-order valence-corrected chi connectivity index (χ1v) is 12.0. The predicted octanol–water partition coefficient (Wildman–Crippen LogP) is 4.38. The lowest BCUT2D eigenvalue weighted by molar-refractivity contribution is 0.00675. The molecule has 0 aliphatic rings. The van der Waals surface area contributed by atoms with Crippen LogP contribution in [0.3, 0.4) is 0 Å². The normalized spacial score (nSPS) is 13.0. The molecule has 3 N–H and O–H groups in total. The number of halogens is 1. The minimum absolute atomic E-state index is 0.173. The smallest absolute Gasteiger partial charge is 0.339 e. The molecule has 3 aromatic rings. The molecule has 1 aromatic heterocycles. The van der Waals surface area contributed by atoms with E-state index in [-0.39, 0.29) is 22.9 Å². The Balaban J connectivity index is 1.89. The maximum absolute atomic E-state index is 13.4. The van der Waals surface area contributed by atoms with Crippen LogP contribution in [0.1, 0.15) is 66.2 Å². The van der Waals surface area contributed by atoms with Crippen molar-refractivity contribution in [3.8, 4) is 0 Å². The summed E-state index contributed by atoms with van der Waals surface area (Å²) in [5, 5.41) is 3.08. The van der Waals surface area contributed by atoms with Crippen LogP contribution in [0.25, 0.3) is 11.0 Å². The van der Waals surface area contributed by atoms with E-state index < -0.39 is 17.6 Å². The molecule has 9 heteroatoms. The van der Waals surface area contributed by atoms with E-state index in [0.717, 1.165) is 11.0 Å². The Hall–Kier alpha value is -3.39. The molecule has 0 spiro atoms.